The largest absolute Gasteiger partial charge is 0.354 e. The molecule has 1 aromatic carbocycles. The van der Waals surface area contributed by atoms with Crippen molar-refractivity contribution in [2.45, 2.75) is 13.8 Å². The van der Waals surface area contributed by atoms with Crippen molar-refractivity contribution in [2.75, 3.05) is 42.9 Å². The normalized spacial score (nSPS) is 15.6. The predicted octanol–water partition coefficient (Wildman–Crippen LogP) is 3.98. The third kappa shape index (κ3) is 3.91. The molecule has 1 aliphatic rings. The number of piperazine rings is 1. The van der Waals surface area contributed by atoms with E-state index in [-0.39, 0.29) is 0 Å². The minimum absolute atomic E-state index is 0.567. The van der Waals surface area contributed by atoms with Crippen molar-refractivity contribution in [3.05, 3.63) is 40.1 Å². The number of nitrogens with zero attached hydrogens (tertiary/aromatic N) is 4. The number of hydrogen-bond donors (Lipinski definition) is 1. The van der Waals surface area contributed by atoms with Crippen molar-refractivity contribution in [3.8, 4) is 0 Å². The Hall–Kier alpha value is -1.56. The molecule has 3 rings (SSSR count). The van der Waals surface area contributed by atoms with Crippen LogP contribution in [-0.4, -0.2) is 47.6 Å². The smallest absolute Gasteiger partial charge is 0.136 e. The summed E-state index contributed by atoms with van der Waals surface area (Å²) in [7, 11) is 0. The molecule has 5 nitrogen and oxygen atoms in total. The molecule has 0 aliphatic carbocycles. The summed E-state index contributed by atoms with van der Waals surface area (Å²) >= 11 is 12.5. The van der Waals surface area contributed by atoms with E-state index in [4.69, 9.17) is 23.2 Å². The van der Waals surface area contributed by atoms with Crippen LogP contribution in [0.4, 0.5) is 17.3 Å². The Morgan fingerprint density at radius 2 is 1.75 bits per heavy atom. The van der Waals surface area contributed by atoms with Crippen LogP contribution in [0.2, 0.25) is 10.0 Å². The average molecular weight is 366 g/mol. The average Bonchev–Trinajstić information content (AvgIpc) is 2.58. The SMILES string of the molecule is CCN1CCN(c2cc(Nc3c(Cl)cccc3Cl)nc(C)n2)CC1. The monoisotopic (exact) mass is 365 g/mol. The highest BCUT2D eigenvalue weighted by atomic mass is 35.5. The summed E-state index contributed by atoms with van der Waals surface area (Å²) in [6.45, 7) is 9.23. The van der Waals surface area contributed by atoms with Gasteiger partial charge in [-0.25, -0.2) is 9.97 Å². The topological polar surface area (TPSA) is 44.3 Å². The molecule has 2 heterocycles. The number of aryl methyl sites for hydroxylation is 1. The van der Waals surface area contributed by atoms with Gasteiger partial charge in [-0.15, -0.1) is 0 Å². The first-order valence-electron chi connectivity index (χ1n) is 8.11. The molecule has 24 heavy (non-hydrogen) atoms. The van der Waals surface area contributed by atoms with Gasteiger partial charge in [-0.05, 0) is 25.6 Å². The fraction of sp³-hybridized carbons (Fsp3) is 0.412. The number of halogens is 2. The molecule has 0 spiro atoms. The molecule has 1 aromatic heterocycles. The number of rotatable bonds is 4. The number of nitrogens with one attached hydrogen (secondary N) is 1. The fourth-order valence-corrected chi connectivity index (χ4v) is 3.31. The molecule has 2 aromatic rings. The number of anilines is 3. The van der Waals surface area contributed by atoms with Gasteiger partial charge in [0, 0.05) is 32.2 Å². The van der Waals surface area contributed by atoms with Gasteiger partial charge in [0.05, 0.1) is 15.7 Å². The standard InChI is InChI=1S/C17H21Cl2N5/c1-3-23-7-9-24(10-8-23)16-11-15(20-12(2)21-16)22-17-13(18)5-4-6-14(17)19/h4-6,11H,3,7-10H2,1-2H3,(H,20,21,22). The highest BCUT2D eigenvalue weighted by Crippen LogP contribution is 2.32. The zero-order valence-electron chi connectivity index (χ0n) is 13.9. The van der Waals surface area contributed by atoms with E-state index < -0.39 is 0 Å². The van der Waals surface area contributed by atoms with Crippen molar-refractivity contribution in [1.29, 1.82) is 0 Å². The maximum Gasteiger partial charge on any atom is 0.136 e. The maximum absolute atomic E-state index is 6.23. The first kappa shape index (κ1) is 17.3. The minimum Gasteiger partial charge on any atom is -0.354 e. The van der Waals surface area contributed by atoms with Gasteiger partial charge in [0.15, 0.2) is 0 Å². The lowest BCUT2D eigenvalue weighted by Crippen LogP contribution is -2.46. The first-order chi connectivity index (χ1) is 11.6. The van der Waals surface area contributed by atoms with Crippen LogP contribution in [0.25, 0.3) is 0 Å². The third-order valence-electron chi connectivity index (χ3n) is 4.18. The summed E-state index contributed by atoms with van der Waals surface area (Å²) in [4.78, 5) is 13.8. The van der Waals surface area contributed by atoms with Crippen LogP contribution in [-0.2, 0) is 0 Å². The molecule has 0 saturated carbocycles. The van der Waals surface area contributed by atoms with Gasteiger partial charge < -0.3 is 15.1 Å². The van der Waals surface area contributed by atoms with Crippen molar-refractivity contribution < 1.29 is 0 Å². The third-order valence-corrected chi connectivity index (χ3v) is 4.81. The van der Waals surface area contributed by atoms with E-state index in [0.717, 1.165) is 44.4 Å². The quantitative estimate of drug-likeness (QED) is 0.887. The summed E-state index contributed by atoms with van der Waals surface area (Å²) in [6.07, 6.45) is 0. The van der Waals surface area contributed by atoms with Crippen LogP contribution in [0, 0.1) is 6.92 Å². The van der Waals surface area contributed by atoms with E-state index in [0.29, 0.717) is 21.6 Å². The Bertz CT molecular complexity index is 694. The molecule has 1 N–H and O–H groups in total. The van der Waals surface area contributed by atoms with E-state index in [1.807, 2.05) is 19.1 Å². The lowest BCUT2D eigenvalue weighted by atomic mass is 10.3. The highest BCUT2D eigenvalue weighted by molar-refractivity contribution is 6.39. The van der Waals surface area contributed by atoms with Gasteiger partial charge in [-0.2, -0.15) is 0 Å². The van der Waals surface area contributed by atoms with Gasteiger partial charge in [0.25, 0.3) is 0 Å². The first-order valence-corrected chi connectivity index (χ1v) is 8.86. The molecule has 0 atom stereocenters. The van der Waals surface area contributed by atoms with E-state index in [1.54, 1.807) is 12.1 Å². The van der Waals surface area contributed by atoms with Crippen molar-refractivity contribution in [2.24, 2.45) is 0 Å². The Morgan fingerprint density at radius 3 is 2.38 bits per heavy atom. The molecule has 1 fully saturated rings. The molecule has 0 unspecified atom stereocenters. The van der Waals surface area contributed by atoms with Gasteiger partial charge in [-0.1, -0.05) is 36.2 Å². The second-order valence-corrected chi connectivity index (χ2v) is 6.62. The lowest BCUT2D eigenvalue weighted by molar-refractivity contribution is 0.270. The van der Waals surface area contributed by atoms with Crippen LogP contribution in [0.3, 0.4) is 0 Å². The zero-order chi connectivity index (χ0) is 17.1. The summed E-state index contributed by atoms with van der Waals surface area (Å²) in [6, 6.07) is 7.37. The van der Waals surface area contributed by atoms with E-state index in [2.05, 4.69) is 32.0 Å². The number of benzene rings is 1. The minimum atomic E-state index is 0.567. The second-order valence-electron chi connectivity index (χ2n) is 5.80. The number of likely N-dealkylation sites (N-methyl/N-ethyl adjacent to an activating group) is 1. The summed E-state index contributed by atoms with van der Waals surface area (Å²) in [5.41, 5.74) is 0.667. The Morgan fingerprint density at radius 1 is 1.08 bits per heavy atom. The molecule has 0 bridgehead atoms. The van der Waals surface area contributed by atoms with E-state index >= 15 is 0 Å². The highest BCUT2D eigenvalue weighted by Gasteiger charge is 2.18. The van der Waals surface area contributed by atoms with Crippen molar-refractivity contribution in [1.82, 2.24) is 14.9 Å². The number of aromatic nitrogens is 2. The van der Waals surface area contributed by atoms with Gasteiger partial charge in [0.2, 0.25) is 0 Å². The van der Waals surface area contributed by atoms with Crippen molar-refractivity contribution >= 4 is 40.5 Å². The maximum atomic E-state index is 6.23. The number of para-hydroxylation sites is 1. The molecule has 7 heteroatoms. The van der Waals surface area contributed by atoms with Crippen LogP contribution in [0.15, 0.2) is 24.3 Å². The van der Waals surface area contributed by atoms with Crippen molar-refractivity contribution in [3.63, 3.8) is 0 Å². The predicted molar refractivity (Wildman–Crippen MR) is 101 cm³/mol. The molecular formula is C17H21Cl2N5. The summed E-state index contributed by atoms with van der Waals surface area (Å²) in [5, 5.41) is 4.36. The van der Waals surface area contributed by atoms with Gasteiger partial charge >= 0.3 is 0 Å². The summed E-state index contributed by atoms with van der Waals surface area (Å²) < 4.78 is 0. The van der Waals surface area contributed by atoms with Gasteiger partial charge in [-0.3, -0.25) is 0 Å². The second kappa shape index (κ2) is 7.55. The number of hydrogen-bond acceptors (Lipinski definition) is 5. The molecule has 1 saturated heterocycles. The van der Waals surface area contributed by atoms with E-state index in [9.17, 15) is 0 Å². The fourth-order valence-electron chi connectivity index (χ4n) is 2.82. The van der Waals surface area contributed by atoms with E-state index in [1.165, 1.54) is 0 Å². The summed E-state index contributed by atoms with van der Waals surface area (Å²) in [5.74, 6) is 2.35. The molecule has 0 radical (unpaired) electrons. The molecule has 128 valence electrons. The lowest BCUT2D eigenvalue weighted by Gasteiger charge is -2.34. The Kier molecular flexibility index (Phi) is 5.43. The zero-order valence-corrected chi connectivity index (χ0v) is 15.4. The Labute approximate surface area is 152 Å². The van der Waals surface area contributed by atoms with Crippen LogP contribution in [0.1, 0.15) is 12.7 Å². The molecular weight excluding hydrogens is 345 g/mol. The molecule has 0 amide bonds. The molecule has 1 aliphatic heterocycles. The van der Waals surface area contributed by atoms with Crippen LogP contribution < -0.4 is 10.2 Å². The Balaban J connectivity index is 1.82. The van der Waals surface area contributed by atoms with Gasteiger partial charge in [0.1, 0.15) is 17.5 Å². The van der Waals surface area contributed by atoms with Crippen LogP contribution in [0.5, 0.6) is 0 Å². The van der Waals surface area contributed by atoms with Crippen LogP contribution >= 0.6 is 23.2 Å².